The summed E-state index contributed by atoms with van der Waals surface area (Å²) in [6.07, 6.45) is 4.42. The van der Waals surface area contributed by atoms with Gasteiger partial charge >= 0.3 is 0 Å². The standard InChI is InChI=1S/C18H16Cl2N2OS/c1-10-21-17-16(12-4-2-3-5-15(12)24-17)18(23)22(10)9-11-6-7-13(19)14(20)8-11/h6-8H,2-5,9H2,1H3. The second-order valence-corrected chi connectivity index (χ2v) is 8.09. The normalized spacial score (nSPS) is 14.1. The van der Waals surface area contributed by atoms with Gasteiger partial charge < -0.3 is 0 Å². The second-order valence-electron chi connectivity index (χ2n) is 6.19. The monoisotopic (exact) mass is 378 g/mol. The minimum Gasteiger partial charge on any atom is -0.292 e. The number of hydrogen-bond acceptors (Lipinski definition) is 3. The molecule has 0 aliphatic heterocycles. The van der Waals surface area contributed by atoms with Crippen LogP contribution < -0.4 is 5.56 Å². The average molecular weight is 379 g/mol. The van der Waals surface area contributed by atoms with Crippen molar-refractivity contribution >= 4 is 44.8 Å². The highest BCUT2D eigenvalue weighted by molar-refractivity contribution is 7.18. The van der Waals surface area contributed by atoms with Crippen LogP contribution >= 0.6 is 34.5 Å². The highest BCUT2D eigenvalue weighted by Crippen LogP contribution is 2.33. The Labute approximate surface area is 153 Å². The molecule has 0 atom stereocenters. The fraction of sp³-hybridized carbons (Fsp3) is 0.333. The van der Waals surface area contributed by atoms with E-state index in [0.717, 1.165) is 40.9 Å². The number of aryl methyl sites for hydroxylation is 3. The average Bonchev–Trinajstić information content (AvgIpc) is 2.92. The van der Waals surface area contributed by atoms with Gasteiger partial charge in [-0.15, -0.1) is 11.3 Å². The summed E-state index contributed by atoms with van der Waals surface area (Å²) < 4.78 is 1.74. The molecular formula is C18H16Cl2N2OS. The summed E-state index contributed by atoms with van der Waals surface area (Å²) in [4.78, 5) is 20.0. The summed E-state index contributed by atoms with van der Waals surface area (Å²) in [7, 11) is 0. The van der Waals surface area contributed by atoms with E-state index in [1.54, 1.807) is 22.0 Å². The number of thiophene rings is 1. The van der Waals surface area contributed by atoms with Crippen LogP contribution in [0.3, 0.4) is 0 Å². The third-order valence-electron chi connectivity index (χ3n) is 4.59. The van der Waals surface area contributed by atoms with Gasteiger partial charge in [0.2, 0.25) is 0 Å². The number of benzene rings is 1. The fourth-order valence-corrected chi connectivity index (χ4v) is 4.96. The van der Waals surface area contributed by atoms with Gasteiger partial charge in [0.15, 0.2) is 0 Å². The highest BCUT2D eigenvalue weighted by Gasteiger charge is 2.21. The first-order valence-electron chi connectivity index (χ1n) is 8.00. The number of halogens is 2. The molecule has 0 saturated carbocycles. The summed E-state index contributed by atoms with van der Waals surface area (Å²) in [5, 5.41) is 1.84. The summed E-state index contributed by atoms with van der Waals surface area (Å²) in [5.41, 5.74) is 2.23. The van der Waals surface area contributed by atoms with E-state index >= 15 is 0 Å². The number of rotatable bonds is 2. The Morgan fingerprint density at radius 2 is 2.00 bits per heavy atom. The molecule has 3 nitrogen and oxygen atoms in total. The van der Waals surface area contributed by atoms with E-state index in [4.69, 9.17) is 28.2 Å². The van der Waals surface area contributed by atoms with Crippen molar-refractivity contribution in [1.29, 1.82) is 0 Å². The predicted molar refractivity (Wildman–Crippen MR) is 101 cm³/mol. The third kappa shape index (κ3) is 2.67. The molecule has 24 heavy (non-hydrogen) atoms. The molecule has 0 saturated heterocycles. The smallest absolute Gasteiger partial charge is 0.262 e. The lowest BCUT2D eigenvalue weighted by atomic mass is 9.97. The molecule has 124 valence electrons. The summed E-state index contributed by atoms with van der Waals surface area (Å²) in [5.74, 6) is 0.733. The zero-order valence-corrected chi connectivity index (χ0v) is 15.6. The number of hydrogen-bond donors (Lipinski definition) is 0. The Morgan fingerprint density at radius 1 is 1.21 bits per heavy atom. The predicted octanol–water partition coefficient (Wildman–Crippen LogP) is 5.00. The van der Waals surface area contributed by atoms with Crippen LogP contribution in [0.2, 0.25) is 10.0 Å². The van der Waals surface area contributed by atoms with Gasteiger partial charge in [0, 0.05) is 4.88 Å². The molecule has 0 fully saturated rings. The molecule has 2 heterocycles. The van der Waals surface area contributed by atoms with Crippen molar-refractivity contribution in [2.24, 2.45) is 0 Å². The Morgan fingerprint density at radius 3 is 2.79 bits per heavy atom. The van der Waals surface area contributed by atoms with E-state index < -0.39 is 0 Å². The highest BCUT2D eigenvalue weighted by atomic mass is 35.5. The van der Waals surface area contributed by atoms with E-state index in [0.29, 0.717) is 16.6 Å². The maximum atomic E-state index is 13.1. The number of fused-ring (bicyclic) bond motifs is 3. The van der Waals surface area contributed by atoms with Gasteiger partial charge in [-0.1, -0.05) is 29.3 Å². The van der Waals surface area contributed by atoms with Crippen molar-refractivity contribution < 1.29 is 0 Å². The Bertz CT molecular complexity index is 1010. The maximum Gasteiger partial charge on any atom is 0.262 e. The molecule has 0 bridgehead atoms. The Kier molecular flexibility index (Phi) is 4.15. The van der Waals surface area contributed by atoms with Gasteiger partial charge in [-0.05, 0) is 55.9 Å². The van der Waals surface area contributed by atoms with Gasteiger partial charge in [0.1, 0.15) is 10.7 Å². The van der Waals surface area contributed by atoms with Crippen LogP contribution in [0.5, 0.6) is 0 Å². The summed E-state index contributed by atoms with van der Waals surface area (Å²) in [6, 6.07) is 5.47. The Hall–Kier alpha value is -1.36. The van der Waals surface area contributed by atoms with Crippen LogP contribution in [-0.4, -0.2) is 9.55 Å². The molecule has 0 unspecified atom stereocenters. The van der Waals surface area contributed by atoms with Crippen molar-refractivity contribution in [2.45, 2.75) is 39.2 Å². The molecular weight excluding hydrogens is 363 g/mol. The fourth-order valence-electron chi connectivity index (χ4n) is 3.35. The van der Waals surface area contributed by atoms with E-state index in [2.05, 4.69) is 0 Å². The van der Waals surface area contributed by atoms with Crippen LogP contribution in [0.1, 0.15) is 34.7 Å². The lowest BCUT2D eigenvalue weighted by Gasteiger charge is -2.12. The lowest BCUT2D eigenvalue weighted by Crippen LogP contribution is -2.24. The lowest BCUT2D eigenvalue weighted by molar-refractivity contribution is 0.693. The summed E-state index contributed by atoms with van der Waals surface area (Å²) in [6.45, 7) is 2.34. The molecule has 0 radical (unpaired) electrons. The summed E-state index contributed by atoms with van der Waals surface area (Å²) >= 11 is 13.8. The van der Waals surface area contributed by atoms with E-state index in [1.165, 1.54) is 16.9 Å². The van der Waals surface area contributed by atoms with Crippen LogP contribution in [0, 0.1) is 6.92 Å². The van der Waals surface area contributed by atoms with Crippen molar-refractivity contribution in [2.75, 3.05) is 0 Å². The van der Waals surface area contributed by atoms with Gasteiger partial charge in [0.25, 0.3) is 5.56 Å². The first-order valence-corrected chi connectivity index (χ1v) is 9.57. The molecule has 2 aromatic heterocycles. The minimum atomic E-state index is 0.0583. The van der Waals surface area contributed by atoms with Crippen LogP contribution in [0.25, 0.3) is 10.2 Å². The minimum absolute atomic E-state index is 0.0583. The molecule has 1 aliphatic carbocycles. The largest absolute Gasteiger partial charge is 0.292 e. The molecule has 3 aromatic rings. The number of nitrogens with zero attached hydrogens (tertiary/aromatic N) is 2. The topological polar surface area (TPSA) is 34.9 Å². The molecule has 1 aliphatic rings. The quantitative estimate of drug-likeness (QED) is 0.628. The van der Waals surface area contributed by atoms with E-state index in [1.807, 2.05) is 19.1 Å². The molecule has 4 rings (SSSR count). The van der Waals surface area contributed by atoms with Gasteiger partial charge in [-0.25, -0.2) is 4.98 Å². The zero-order valence-electron chi connectivity index (χ0n) is 13.2. The third-order valence-corrected chi connectivity index (χ3v) is 6.52. The van der Waals surface area contributed by atoms with Gasteiger partial charge in [0.05, 0.1) is 22.0 Å². The molecule has 0 N–H and O–H groups in total. The second kappa shape index (κ2) is 6.17. The molecule has 0 amide bonds. The SMILES string of the molecule is Cc1nc2sc3c(c2c(=O)n1Cc1ccc(Cl)c(Cl)c1)CCCC3. The first-order chi connectivity index (χ1) is 11.5. The van der Waals surface area contributed by atoms with Crippen LogP contribution in [0.4, 0.5) is 0 Å². The zero-order chi connectivity index (χ0) is 16.8. The molecule has 6 heteroatoms. The van der Waals surface area contributed by atoms with E-state index in [9.17, 15) is 4.79 Å². The molecule has 1 aromatic carbocycles. The maximum absolute atomic E-state index is 13.1. The van der Waals surface area contributed by atoms with Crippen molar-refractivity contribution in [3.63, 3.8) is 0 Å². The Balaban J connectivity index is 1.86. The van der Waals surface area contributed by atoms with Crippen LogP contribution in [-0.2, 0) is 19.4 Å². The number of aromatic nitrogens is 2. The van der Waals surface area contributed by atoms with Crippen LogP contribution in [0.15, 0.2) is 23.0 Å². The van der Waals surface area contributed by atoms with Crippen molar-refractivity contribution in [3.05, 3.63) is 60.4 Å². The molecule has 0 spiro atoms. The van der Waals surface area contributed by atoms with Gasteiger partial charge in [-0.3, -0.25) is 9.36 Å². The van der Waals surface area contributed by atoms with E-state index in [-0.39, 0.29) is 5.56 Å². The first kappa shape index (κ1) is 16.1. The van der Waals surface area contributed by atoms with Gasteiger partial charge in [-0.2, -0.15) is 0 Å². The van der Waals surface area contributed by atoms with Crippen molar-refractivity contribution in [1.82, 2.24) is 9.55 Å². The van der Waals surface area contributed by atoms with Crippen molar-refractivity contribution in [3.8, 4) is 0 Å².